The van der Waals surface area contributed by atoms with Gasteiger partial charge in [0.2, 0.25) is 0 Å². The van der Waals surface area contributed by atoms with Gasteiger partial charge in [0.15, 0.2) is 5.11 Å². The number of nitro groups is 1. The number of benzene rings is 2. The Bertz CT molecular complexity index is 824. The van der Waals surface area contributed by atoms with Crippen molar-refractivity contribution in [3.8, 4) is 5.75 Å². The molecule has 0 aromatic heterocycles. The first-order chi connectivity index (χ1) is 12.4. The fourth-order valence-electron chi connectivity index (χ4n) is 2.10. The van der Waals surface area contributed by atoms with Gasteiger partial charge in [0.1, 0.15) is 11.4 Å². The summed E-state index contributed by atoms with van der Waals surface area (Å²) in [7, 11) is 0. The number of hydrogen-bond acceptors (Lipinski definition) is 5. The molecule has 1 amide bonds. The second-order valence-electron chi connectivity index (χ2n) is 5.88. The highest BCUT2D eigenvalue weighted by molar-refractivity contribution is 7.80. The van der Waals surface area contributed by atoms with Gasteiger partial charge < -0.3 is 10.1 Å². The van der Waals surface area contributed by atoms with Crippen molar-refractivity contribution in [3.63, 3.8) is 0 Å². The fraction of sp³-hybridized carbons (Fsp3) is 0.222. The molecule has 2 aromatic carbocycles. The van der Waals surface area contributed by atoms with Gasteiger partial charge in [-0.2, -0.15) is 0 Å². The third kappa shape index (κ3) is 5.25. The lowest BCUT2D eigenvalue weighted by molar-refractivity contribution is -0.383. The molecule has 8 heteroatoms. The molecule has 0 saturated heterocycles. The zero-order valence-corrected chi connectivity index (χ0v) is 15.2. The molecular weight excluding hydrogens is 354 g/mol. The molecule has 26 heavy (non-hydrogen) atoms. The molecule has 0 unspecified atom stereocenters. The zero-order valence-electron chi connectivity index (χ0n) is 14.4. The summed E-state index contributed by atoms with van der Waals surface area (Å²) in [5.74, 6) is 0.306. The Kier molecular flexibility index (Phi) is 6.62. The highest BCUT2D eigenvalue weighted by atomic mass is 32.1. The van der Waals surface area contributed by atoms with Gasteiger partial charge in [0.05, 0.1) is 17.1 Å². The van der Waals surface area contributed by atoms with Crippen molar-refractivity contribution < 1.29 is 14.5 Å². The maximum Gasteiger partial charge on any atom is 0.292 e. The van der Waals surface area contributed by atoms with Crippen molar-refractivity contribution >= 4 is 34.6 Å². The monoisotopic (exact) mass is 373 g/mol. The number of ether oxygens (including phenoxy) is 1. The molecule has 0 atom stereocenters. The van der Waals surface area contributed by atoms with Crippen LogP contribution in [0.25, 0.3) is 0 Å². The number of carbonyl (C=O) groups excluding carboxylic acids is 1. The number of para-hydroxylation sites is 3. The maximum absolute atomic E-state index is 12.5. The molecule has 2 aromatic rings. The predicted octanol–water partition coefficient (Wildman–Crippen LogP) is 3.76. The van der Waals surface area contributed by atoms with E-state index in [0.717, 1.165) is 0 Å². The first kappa shape index (κ1) is 19.3. The van der Waals surface area contributed by atoms with Crippen molar-refractivity contribution in [3.05, 3.63) is 64.2 Å². The Hall–Kier alpha value is -3.00. The third-order valence-electron chi connectivity index (χ3n) is 3.28. The summed E-state index contributed by atoms with van der Waals surface area (Å²) in [4.78, 5) is 23.0. The molecule has 0 fully saturated rings. The van der Waals surface area contributed by atoms with E-state index in [-0.39, 0.29) is 16.5 Å². The van der Waals surface area contributed by atoms with E-state index >= 15 is 0 Å². The Labute approximate surface area is 156 Å². The number of anilines is 1. The molecule has 2 rings (SSSR count). The number of amides is 1. The fourth-order valence-corrected chi connectivity index (χ4v) is 2.30. The number of nitrogens with zero attached hydrogens (tertiary/aromatic N) is 1. The number of hydrogen-bond donors (Lipinski definition) is 2. The van der Waals surface area contributed by atoms with E-state index in [0.29, 0.717) is 23.8 Å². The van der Waals surface area contributed by atoms with Crippen LogP contribution in [0.5, 0.6) is 5.75 Å². The molecule has 2 N–H and O–H groups in total. The van der Waals surface area contributed by atoms with Crippen molar-refractivity contribution in [1.82, 2.24) is 5.32 Å². The standard InChI is InChI=1S/C18H19N3O4S/c1-12(2)11-25-16-10-6-3-7-13(16)17(22)20-18(26)19-14-8-4-5-9-15(14)21(23)24/h3-10,12H,11H2,1-2H3,(H2,19,20,22,26). The number of carbonyl (C=O) groups is 1. The van der Waals surface area contributed by atoms with Gasteiger partial charge in [0.25, 0.3) is 11.6 Å². The lowest BCUT2D eigenvalue weighted by Gasteiger charge is -2.14. The van der Waals surface area contributed by atoms with E-state index in [1.54, 1.807) is 36.4 Å². The second-order valence-corrected chi connectivity index (χ2v) is 6.29. The summed E-state index contributed by atoms with van der Waals surface area (Å²) in [6.45, 7) is 4.49. The minimum Gasteiger partial charge on any atom is -0.492 e. The highest BCUT2D eigenvalue weighted by Gasteiger charge is 2.17. The lowest BCUT2D eigenvalue weighted by Crippen LogP contribution is -2.34. The van der Waals surface area contributed by atoms with E-state index in [2.05, 4.69) is 10.6 Å². The second kappa shape index (κ2) is 8.91. The van der Waals surface area contributed by atoms with E-state index in [9.17, 15) is 14.9 Å². The van der Waals surface area contributed by atoms with Crippen molar-refractivity contribution in [1.29, 1.82) is 0 Å². The maximum atomic E-state index is 12.5. The summed E-state index contributed by atoms with van der Waals surface area (Å²) in [6.07, 6.45) is 0. The quantitative estimate of drug-likeness (QED) is 0.455. The van der Waals surface area contributed by atoms with Crippen LogP contribution in [-0.4, -0.2) is 22.5 Å². The average Bonchev–Trinajstić information content (AvgIpc) is 2.60. The molecule has 0 heterocycles. The molecule has 136 valence electrons. The SMILES string of the molecule is CC(C)COc1ccccc1C(=O)NC(=S)Nc1ccccc1[N+](=O)[O-]. The van der Waals surface area contributed by atoms with Crippen LogP contribution in [-0.2, 0) is 0 Å². The summed E-state index contributed by atoms with van der Waals surface area (Å²) in [5.41, 5.74) is 0.400. The predicted molar refractivity (Wildman–Crippen MR) is 104 cm³/mol. The molecular formula is C18H19N3O4S. The first-order valence-electron chi connectivity index (χ1n) is 7.96. The summed E-state index contributed by atoms with van der Waals surface area (Å²) in [6, 6.07) is 12.9. The van der Waals surface area contributed by atoms with Crippen molar-refractivity contribution in [2.24, 2.45) is 5.92 Å². The normalized spacial score (nSPS) is 10.3. The van der Waals surface area contributed by atoms with Crippen LogP contribution < -0.4 is 15.4 Å². The van der Waals surface area contributed by atoms with E-state index in [1.165, 1.54) is 12.1 Å². The van der Waals surface area contributed by atoms with Crippen LogP contribution in [0.1, 0.15) is 24.2 Å². The topological polar surface area (TPSA) is 93.5 Å². The number of nitro benzene ring substituents is 1. The van der Waals surface area contributed by atoms with Gasteiger partial charge in [-0.25, -0.2) is 0 Å². The van der Waals surface area contributed by atoms with Gasteiger partial charge in [0, 0.05) is 6.07 Å². The van der Waals surface area contributed by atoms with Gasteiger partial charge >= 0.3 is 0 Å². The smallest absolute Gasteiger partial charge is 0.292 e. The van der Waals surface area contributed by atoms with Crippen LogP contribution >= 0.6 is 12.2 Å². The molecule has 0 aliphatic carbocycles. The number of nitrogens with one attached hydrogen (secondary N) is 2. The van der Waals surface area contributed by atoms with Gasteiger partial charge in [-0.15, -0.1) is 0 Å². The van der Waals surface area contributed by atoms with Crippen LogP contribution in [0.2, 0.25) is 0 Å². The summed E-state index contributed by atoms with van der Waals surface area (Å²) >= 11 is 5.10. The summed E-state index contributed by atoms with van der Waals surface area (Å²) in [5, 5.41) is 16.2. The van der Waals surface area contributed by atoms with Crippen LogP contribution in [0.3, 0.4) is 0 Å². The molecule has 0 spiro atoms. The van der Waals surface area contributed by atoms with E-state index in [1.807, 2.05) is 13.8 Å². The van der Waals surface area contributed by atoms with Crippen molar-refractivity contribution in [2.75, 3.05) is 11.9 Å². The van der Waals surface area contributed by atoms with Gasteiger partial charge in [-0.3, -0.25) is 20.2 Å². The number of thiocarbonyl (C=S) groups is 1. The Morgan fingerprint density at radius 2 is 1.85 bits per heavy atom. The minimum atomic E-state index is -0.526. The van der Waals surface area contributed by atoms with Crippen molar-refractivity contribution in [2.45, 2.75) is 13.8 Å². The molecule has 0 radical (unpaired) electrons. The van der Waals surface area contributed by atoms with Crippen LogP contribution in [0.15, 0.2) is 48.5 Å². The van der Waals surface area contributed by atoms with Gasteiger partial charge in [-0.05, 0) is 36.3 Å². The lowest BCUT2D eigenvalue weighted by atomic mass is 10.2. The van der Waals surface area contributed by atoms with Gasteiger partial charge in [-0.1, -0.05) is 38.1 Å². The van der Waals surface area contributed by atoms with Crippen LogP contribution in [0.4, 0.5) is 11.4 Å². The van der Waals surface area contributed by atoms with Crippen LogP contribution in [0, 0.1) is 16.0 Å². The minimum absolute atomic E-state index is 0.0389. The molecule has 7 nitrogen and oxygen atoms in total. The molecule has 0 bridgehead atoms. The number of rotatable bonds is 6. The first-order valence-corrected chi connectivity index (χ1v) is 8.37. The average molecular weight is 373 g/mol. The zero-order chi connectivity index (χ0) is 19.1. The Morgan fingerprint density at radius 3 is 2.54 bits per heavy atom. The van der Waals surface area contributed by atoms with E-state index < -0.39 is 10.8 Å². The Morgan fingerprint density at radius 1 is 1.19 bits per heavy atom. The largest absolute Gasteiger partial charge is 0.492 e. The third-order valence-corrected chi connectivity index (χ3v) is 3.48. The molecule has 0 aliphatic rings. The Balaban J connectivity index is 2.09. The summed E-state index contributed by atoms with van der Waals surface area (Å²) < 4.78 is 5.66. The van der Waals surface area contributed by atoms with E-state index in [4.69, 9.17) is 17.0 Å². The molecule has 0 aliphatic heterocycles. The highest BCUT2D eigenvalue weighted by Crippen LogP contribution is 2.23. The molecule has 0 saturated carbocycles.